The molecule has 2 nitrogen and oxygen atoms in total. The highest BCUT2D eigenvalue weighted by Crippen LogP contribution is 2.35. The van der Waals surface area contributed by atoms with Crippen molar-refractivity contribution < 1.29 is 0 Å². The predicted octanol–water partition coefficient (Wildman–Crippen LogP) is 6.10. The molecule has 30 heavy (non-hydrogen) atoms. The number of benzene rings is 3. The van der Waals surface area contributed by atoms with Gasteiger partial charge in [-0.15, -0.1) is 0 Å². The molecule has 1 aliphatic carbocycles. The van der Waals surface area contributed by atoms with Crippen molar-refractivity contribution in [3.8, 4) is 0 Å². The smallest absolute Gasteiger partial charge is 0.0421 e. The molecule has 0 bridgehead atoms. The number of nitrogens with one attached hydrogen (secondary N) is 2. The molecule has 3 aliphatic rings. The van der Waals surface area contributed by atoms with Crippen LogP contribution in [0.1, 0.15) is 39.3 Å². The summed E-state index contributed by atoms with van der Waals surface area (Å²) in [5.74, 6) is 0.551. The van der Waals surface area contributed by atoms with E-state index in [1.807, 2.05) is 0 Å². The van der Waals surface area contributed by atoms with E-state index in [1.54, 1.807) is 0 Å². The first-order chi connectivity index (χ1) is 14.8. The molecular weight excluding hydrogens is 364 g/mol. The van der Waals surface area contributed by atoms with Crippen LogP contribution in [-0.4, -0.2) is 6.54 Å². The summed E-state index contributed by atoms with van der Waals surface area (Å²) in [5.41, 5.74) is 12.6. The highest BCUT2D eigenvalue weighted by atomic mass is 14.9. The Balaban J connectivity index is 1.23. The predicted molar refractivity (Wildman–Crippen MR) is 126 cm³/mol. The lowest BCUT2D eigenvalue weighted by atomic mass is 9.83. The lowest BCUT2D eigenvalue weighted by Gasteiger charge is -2.28. The topological polar surface area (TPSA) is 24.1 Å². The van der Waals surface area contributed by atoms with Gasteiger partial charge in [-0.05, 0) is 83.0 Å². The molecule has 3 aromatic carbocycles. The fraction of sp³-hybridized carbons (Fsp3) is 0.214. The molecule has 2 N–H and O–H groups in total. The van der Waals surface area contributed by atoms with Crippen LogP contribution in [0.15, 0.2) is 79.0 Å². The molecule has 0 amide bonds. The van der Waals surface area contributed by atoms with Crippen molar-refractivity contribution in [1.29, 1.82) is 0 Å². The molecular formula is C28H26N2. The first-order valence-electron chi connectivity index (χ1n) is 11.0. The quantitative estimate of drug-likeness (QED) is 0.552. The van der Waals surface area contributed by atoms with Gasteiger partial charge in [0.2, 0.25) is 0 Å². The molecule has 0 fully saturated rings. The van der Waals surface area contributed by atoms with Gasteiger partial charge >= 0.3 is 0 Å². The Hall–Kier alpha value is -3.26. The summed E-state index contributed by atoms with van der Waals surface area (Å²) >= 11 is 0. The summed E-state index contributed by atoms with van der Waals surface area (Å²) in [7, 11) is 0. The average Bonchev–Trinajstić information content (AvgIpc) is 2.83. The summed E-state index contributed by atoms with van der Waals surface area (Å²) in [4.78, 5) is 0. The first kappa shape index (κ1) is 17.6. The number of anilines is 2. The standard InChI is InChI=1S/C28H26N2/c1-2-6-27-25(4-1)16-26(18-30-27)23-12-11-20-14-22(10-9-21(20)15-23)24-8-7-19-5-3-13-29-28(19)17-24/h1-4,6-8,10-13,15,17,26,29-30H,5,9,14,16,18H2. The average molecular weight is 391 g/mol. The lowest BCUT2D eigenvalue weighted by molar-refractivity contribution is 0.693. The van der Waals surface area contributed by atoms with E-state index in [-0.39, 0.29) is 0 Å². The van der Waals surface area contributed by atoms with Gasteiger partial charge in [0.1, 0.15) is 0 Å². The van der Waals surface area contributed by atoms with Gasteiger partial charge in [-0.25, -0.2) is 0 Å². The van der Waals surface area contributed by atoms with Crippen molar-refractivity contribution in [3.63, 3.8) is 0 Å². The highest BCUT2D eigenvalue weighted by molar-refractivity contribution is 5.74. The van der Waals surface area contributed by atoms with Gasteiger partial charge in [-0.2, -0.15) is 0 Å². The van der Waals surface area contributed by atoms with Crippen LogP contribution < -0.4 is 10.6 Å². The molecule has 2 heteroatoms. The molecule has 2 aliphatic heterocycles. The van der Waals surface area contributed by atoms with E-state index in [4.69, 9.17) is 0 Å². The van der Waals surface area contributed by atoms with Crippen molar-refractivity contribution in [1.82, 2.24) is 0 Å². The van der Waals surface area contributed by atoms with Crippen molar-refractivity contribution in [3.05, 3.63) is 112 Å². The molecule has 0 saturated heterocycles. The Labute approximate surface area is 178 Å². The Morgan fingerprint density at radius 1 is 0.767 bits per heavy atom. The van der Waals surface area contributed by atoms with Crippen LogP contribution >= 0.6 is 0 Å². The van der Waals surface area contributed by atoms with Crippen LogP contribution in [0.25, 0.3) is 5.57 Å². The first-order valence-corrected chi connectivity index (χ1v) is 11.0. The van der Waals surface area contributed by atoms with E-state index < -0.39 is 0 Å². The SMILES string of the molecule is C1=CNc2cc(C3=CCc4cc(C5CNc6ccccc6C5)ccc4C3)ccc2C1. The largest absolute Gasteiger partial charge is 0.384 e. The zero-order valence-electron chi connectivity index (χ0n) is 17.1. The summed E-state index contributed by atoms with van der Waals surface area (Å²) in [6, 6.07) is 22.8. The molecule has 3 aromatic rings. The van der Waals surface area contributed by atoms with Crippen LogP contribution in [0.3, 0.4) is 0 Å². The van der Waals surface area contributed by atoms with Crippen molar-refractivity contribution in [2.75, 3.05) is 17.2 Å². The number of hydrogen-bond acceptors (Lipinski definition) is 2. The van der Waals surface area contributed by atoms with Crippen molar-refractivity contribution >= 4 is 16.9 Å². The molecule has 2 heterocycles. The maximum absolute atomic E-state index is 3.62. The minimum Gasteiger partial charge on any atom is -0.384 e. The number of hydrogen-bond donors (Lipinski definition) is 2. The van der Waals surface area contributed by atoms with Gasteiger partial charge in [-0.3, -0.25) is 0 Å². The van der Waals surface area contributed by atoms with Crippen molar-refractivity contribution in [2.24, 2.45) is 0 Å². The third kappa shape index (κ3) is 3.13. The van der Waals surface area contributed by atoms with Gasteiger partial charge in [0.25, 0.3) is 0 Å². The van der Waals surface area contributed by atoms with E-state index in [0.29, 0.717) is 5.92 Å². The molecule has 1 atom stereocenters. The van der Waals surface area contributed by atoms with Crippen LogP contribution in [0.4, 0.5) is 11.4 Å². The van der Waals surface area contributed by atoms with Crippen LogP contribution in [0, 0.1) is 0 Å². The number of fused-ring (bicyclic) bond motifs is 3. The van der Waals surface area contributed by atoms with E-state index in [9.17, 15) is 0 Å². The van der Waals surface area contributed by atoms with Crippen LogP contribution in [0.2, 0.25) is 0 Å². The summed E-state index contributed by atoms with van der Waals surface area (Å²) < 4.78 is 0. The fourth-order valence-corrected chi connectivity index (χ4v) is 5.09. The van der Waals surface area contributed by atoms with Crippen LogP contribution in [-0.2, 0) is 25.7 Å². The second-order valence-electron chi connectivity index (χ2n) is 8.70. The minimum atomic E-state index is 0.551. The van der Waals surface area contributed by atoms with E-state index in [2.05, 4.69) is 89.6 Å². The maximum Gasteiger partial charge on any atom is 0.0421 e. The second kappa shape index (κ2) is 7.21. The van der Waals surface area contributed by atoms with E-state index >= 15 is 0 Å². The van der Waals surface area contributed by atoms with E-state index in [0.717, 1.165) is 32.2 Å². The van der Waals surface area contributed by atoms with Gasteiger partial charge in [-0.1, -0.05) is 60.7 Å². The molecule has 148 valence electrons. The molecule has 0 aromatic heterocycles. The Morgan fingerprint density at radius 2 is 1.70 bits per heavy atom. The number of allylic oxidation sites excluding steroid dienone is 3. The second-order valence-corrected chi connectivity index (χ2v) is 8.70. The van der Waals surface area contributed by atoms with Gasteiger partial charge in [0, 0.05) is 23.8 Å². The highest BCUT2D eigenvalue weighted by Gasteiger charge is 2.21. The Kier molecular flexibility index (Phi) is 4.23. The summed E-state index contributed by atoms with van der Waals surface area (Å²) in [5, 5.41) is 7.02. The van der Waals surface area contributed by atoms with Crippen LogP contribution in [0.5, 0.6) is 0 Å². The molecule has 6 rings (SSSR count). The van der Waals surface area contributed by atoms with Crippen molar-refractivity contribution in [2.45, 2.75) is 31.6 Å². The monoisotopic (exact) mass is 390 g/mol. The normalized spacial score (nSPS) is 18.9. The lowest BCUT2D eigenvalue weighted by Crippen LogP contribution is -2.21. The van der Waals surface area contributed by atoms with Gasteiger partial charge in [0.05, 0.1) is 0 Å². The Morgan fingerprint density at radius 3 is 2.70 bits per heavy atom. The molecule has 0 spiro atoms. The zero-order chi connectivity index (χ0) is 19.9. The minimum absolute atomic E-state index is 0.551. The fourth-order valence-electron chi connectivity index (χ4n) is 5.09. The molecule has 0 radical (unpaired) electrons. The third-order valence-electron chi connectivity index (χ3n) is 6.85. The maximum atomic E-state index is 3.62. The van der Waals surface area contributed by atoms with Gasteiger partial charge < -0.3 is 10.6 Å². The number of para-hydroxylation sites is 1. The Bertz CT molecular complexity index is 1180. The van der Waals surface area contributed by atoms with Gasteiger partial charge in [0.15, 0.2) is 0 Å². The summed E-state index contributed by atoms with van der Waals surface area (Å²) in [6.45, 7) is 1.02. The zero-order valence-corrected chi connectivity index (χ0v) is 17.1. The molecule has 1 unspecified atom stereocenters. The summed E-state index contributed by atoms with van der Waals surface area (Å²) in [6.07, 6.45) is 10.9. The third-order valence-corrected chi connectivity index (χ3v) is 6.85. The van der Waals surface area contributed by atoms with E-state index in [1.165, 1.54) is 50.3 Å². The number of rotatable bonds is 2. The molecule has 0 saturated carbocycles.